The number of imide groups is 1. The lowest BCUT2D eigenvalue weighted by atomic mass is 9.89. The molecule has 124 valence electrons. The molecule has 2 amide bonds. The number of benzene rings is 2. The highest BCUT2D eigenvalue weighted by atomic mass is 16.2. The van der Waals surface area contributed by atoms with Crippen molar-refractivity contribution in [3.05, 3.63) is 76.0 Å². The Bertz CT molecular complexity index is 1300. The average Bonchev–Trinajstić information content (AvgIpc) is 3.19. The van der Waals surface area contributed by atoms with Crippen LogP contribution in [0.15, 0.2) is 53.7 Å². The quantitative estimate of drug-likeness (QED) is 0.715. The molecule has 0 radical (unpaired) electrons. The summed E-state index contributed by atoms with van der Waals surface area (Å²) in [5.41, 5.74) is 3.96. The monoisotopic (exact) mass is 339 g/mol. The number of rotatable bonds is 0. The lowest BCUT2D eigenvalue weighted by Gasteiger charge is -2.17. The summed E-state index contributed by atoms with van der Waals surface area (Å²) < 4.78 is 0. The van der Waals surface area contributed by atoms with Gasteiger partial charge in [0.2, 0.25) is 0 Å². The van der Waals surface area contributed by atoms with Gasteiger partial charge in [-0.2, -0.15) is 0 Å². The Hall–Kier alpha value is -3.47. The first-order chi connectivity index (χ1) is 12.7. The van der Waals surface area contributed by atoms with Crippen molar-refractivity contribution in [3.63, 3.8) is 0 Å². The molecule has 0 spiro atoms. The molecule has 5 heteroatoms. The highest BCUT2D eigenvalue weighted by molar-refractivity contribution is 6.27. The third-order valence-corrected chi connectivity index (χ3v) is 5.47. The van der Waals surface area contributed by atoms with Gasteiger partial charge in [0.05, 0.1) is 22.5 Å². The molecule has 1 unspecified atom stereocenters. The summed E-state index contributed by atoms with van der Waals surface area (Å²) in [5, 5.41) is 9.12. The fraction of sp³-hybridized carbons (Fsp3) is 0.0952. The van der Waals surface area contributed by atoms with Crippen LogP contribution in [0, 0.1) is 0 Å². The molecule has 3 aliphatic heterocycles. The summed E-state index contributed by atoms with van der Waals surface area (Å²) in [7, 11) is 0. The molecular weight excluding hydrogens is 326 g/mol. The van der Waals surface area contributed by atoms with E-state index in [1.54, 1.807) is 0 Å². The smallest absolute Gasteiger partial charge is 0.259 e. The van der Waals surface area contributed by atoms with E-state index in [1.807, 2.05) is 48.7 Å². The van der Waals surface area contributed by atoms with E-state index < -0.39 is 0 Å². The number of nitrogens with one attached hydrogen (secondary N) is 2. The summed E-state index contributed by atoms with van der Waals surface area (Å²) in [4.78, 5) is 30.2. The van der Waals surface area contributed by atoms with E-state index >= 15 is 0 Å². The van der Waals surface area contributed by atoms with E-state index in [9.17, 15) is 9.59 Å². The van der Waals surface area contributed by atoms with Crippen molar-refractivity contribution < 1.29 is 9.59 Å². The fourth-order valence-corrected chi connectivity index (χ4v) is 4.42. The first-order valence-corrected chi connectivity index (χ1v) is 8.60. The van der Waals surface area contributed by atoms with Crippen molar-refractivity contribution in [2.75, 3.05) is 5.32 Å². The second-order valence-electron chi connectivity index (χ2n) is 6.80. The van der Waals surface area contributed by atoms with E-state index in [0.29, 0.717) is 17.5 Å². The average molecular weight is 339 g/mol. The third-order valence-electron chi connectivity index (χ3n) is 5.47. The number of fused-ring (bicyclic) bond motifs is 9. The van der Waals surface area contributed by atoms with Crippen LogP contribution < -0.4 is 21.2 Å². The van der Waals surface area contributed by atoms with Crippen LogP contribution in [0.5, 0.6) is 0 Å². The Labute approximate surface area is 148 Å². The van der Waals surface area contributed by atoms with Crippen molar-refractivity contribution in [3.8, 4) is 0 Å². The largest absolute Gasteiger partial charge is 0.362 e. The van der Waals surface area contributed by atoms with Crippen molar-refractivity contribution >= 4 is 33.8 Å². The second kappa shape index (κ2) is 4.58. The van der Waals surface area contributed by atoms with Crippen LogP contribution in [0.4, 0.5) is 5.69 Å². The Morgan fingerprint density at radius 1 is 1.08 bits per heavy atom. The molecule has 2 aromatic rings. The zero-order chi connectivity index (χ0) is 17.4. The molecule has 2 N–H and O–H groups in total. The molecule has 2 aromatic carbocycles. The molecular formula is C21H13N3O2. The summed E-state index contributed by atoms with van der Waals surface area (Å²) in [6.45, 7) is 0. The minimum atomic E-state index is -0.327. The van der Waals surface area contributed by atoms with Crippen LogP contribution >= 0.6 is 0 Å². The summed E-state index contributed by atoms with van der Waals surface area (Å²) in [6, 6.07) is 3.93. The Kier molecular flexibility index (Phi) is 2.43. The van der Waals surface area contributed by atoms with Gasteiger partial charge < -0.3 is 5.32 Å². The number of allylic oxidation sites excluding steroid dienone is 3. The first kappa shape index (κ1) is 13.8. The van der Waals surface area contributed by atoms with Crippen molar-refractivity contribution in [1.82, 2.24) is 5.32 Å². The topological polar surface area (TPSA) is 70.6 Å². The Morgan fingerprint density at radius 2 is 1.96 bits per heavy atom. The zero-order valence-corrected chi connectivity index (χ0v) is 13.7. The summed E-state index contributed by atoms with van der Waals surface area (Å²) in [5.74, 6) is -0.647. The van der Waals surface area contributed by atoms with Crippen LogP contribution in [0.1, 0.15) is 26.3 Å². The molecule has 6 rings (SSSR count). The van der Waals surface area contributed by atoms with E-state index in [0.717, 1.165) is 38.2 Å². The van der Waals surface area contributed by atoms with Crippen LogP contribution in [0.25, 0.3) is 16.3 Å². The standard InChI is InChI=1S/C21H13N3O2/c25-20-17-15-10-5-3-9-22-13(10)8-7-12(15)19-16(18(17)21(26)24-20)11-4-1-2-6-14(11)23-19/h1-4,6-9,14,22H,5H2,(H,24,25,26). The third kappa shape index (κ3) is 1.53. The van der Waals surface area contributed by atoms with Gasteiger partial charge in [-0.05, 0) is 29.8 Å². The first-order valence-electron chi connectivity index (χ1n) is 8.60. The predicted molar refractivity (Wildman–Crippen MR) is 98.5 cm³/mol. The van der Waals surface area contributed by atoms with Gasteiger partial charge in [-0.3, -0.25) is 19.9 Å². The van der Waals surface area contributed by atoms with Crippen LogP contribution in [-0.2, 0) is 6.42 Å². The Morgan fingerprint density at radius 3 is 2.88 bits per heavy atom. The number of anilines is 1. The lowest BCUT2D eigenvalue weighted by molar-refractivity contribution is 0.0880. The van der Waals surface area contributed by atoms with E-state index in [1.165, 1.54) is 0 Å². The van der Waals surface area contributed by atoms with Crippen LogP contribution in [0.3, 0.4) is 0 Å². The molecule has 26 heavy (non-hydrogen) atoms. The summed E-state index contributed by atoms with van der Waals surface area (Å²) in [6.07, 6.45) is 12.6. The molecule has 1 aliphatic carbocycles. The van der Waals surface area contributed by atoms with Gasteiger partial charge in [-0.25, -0.2) is 0 Å². The molecule has 0 saturated heterocycles. The van der Waals surface area contributed by atoms with Crippen molar-refractivity contribution in [2.45, 2.75) is 12.5 Å². The number of nitrogens with zero attached hydrogens (tertiary/aromatic N) is 1. The number of carbonyl (C=O) groups excluding carboxylic acids is 2. The van der Waals surface area contributed by atoms with Gasteiger partial charge in [-0.1, -0.05) is 36.4 Å². The van der Waals surface area contributed by atoms with Gasteiger partial charge >= 0.3 is 0 Å². The molecule has 0 fully saturated rings. The maximum Gasteiger partial charge on any atom is 0.259 e. The van der Waals surface area contributed by atoms with E-state index in [2.05, 4.69) is 10.6 Å². The molecule has 5 nitrogen and oxygen atoms in total. The predicted octanol–water partition coefficient (Wildman–Crippen LogP) is 1.48. The second-order valence-corrected chi connectivity index (χ2v) is 6.80. The number of hydrogen-bond acceptors (Lipinski definition) is 4. The fourth-order valence-electron chi connectivity index (χ4n) is 4.42. The van der Waals surface area contributed by atoms with E-state index in [-0.39, 0.29) is 17.9 Å². The van der Waals surface area contributed by atoms with E-state index in [4.69, 9.17) is 4.99 Å². The molecule has 4 aliphatic rings. The number of hydrogen-bond donors (Lipinski definition) is 2. The van der Waals surface area contributed by atoms with Crippen LogP contribution in [0.2, 0.25) is 0 Å². The maximum absolute atomic E-state index is 12.7. The molecule has 0 bridgehead atoms. The normalized spacial score (nSPS) is 21.1. The molecule has 0 aromatic heterocycles. The Balaban J connectivity index is 1.91. The minimum Gasteiger partial charge on any atom is -0.362 e. The van der Waals surface area contributed by atoms with Gasteiger partial charge in [0.15, 0.2) is 0 Å². The molecule has 0 saturated carbocycles. The number of amides is 2. The summed E-state index contributed by atoms with van der Waals surface area (Å²) >= 11 is 0. The van der Waals surface area contributed by atoms with Gasteiger partial charge in [0.25, 0.3) is 11.8 Å². The maximum atomic E-state index is 12.7. The highest BCUT2D eigenvalue weighted by Gasteiger charge is 2.35. The molecule has 1 atom stereocenters. The SMILES string of the molecule is O=C1NC(=O)c2c1c1c(c3ccc4c(c23)CC=CN4)=NC2C=CC=CC=12. The van der Waals surface area contributed by atoms with Gasteiger partial charge in [-0.15, -0.1) is 0 Å². The van der Waals surface area contributed by atoms with Crippen molar-refractivity contribution in [2.24, 2.45) is 4.99 Å². The molecule has 3 heterocycles. The van der Waals surface area contributed by atoms with Gasteiger partial charge in [0.1, 0.15) is 0 Å². The zero-order valence-electron chi connectivity index (χ0n) is 13.7. The van der Waals surface area contributed by atoms with Crippen molar-refractivity contribution in [1.29, 1.82) is 0 Å². The lowest BCUT2D eigenvalue weighted by Crippen LogP contribution is -2.32. The number of carbonyl (C=O) groups is 2. The minimum absolute atomic E-state index is 0.0951. The highest BCUT2D eigenvalue weighted by Crippen LogP contribution is 2.33. The van der Waals surface area contributed by atoms with Gasteiger partial charge in [0, 0.05) is 21.7 Å². The van der Waals surface area contributed by atoms with Crippen LogP contribution in [-0.4, -0.2) is 17.9 Å².